The summed E-state index contributed by atoms with van der Waals surface area (Å²) in [5.74, 6) is 1.81. The zero-order valence-corrected chi connectivity index (χ0v) is 14.9. The van der Waals surface area contributed by atoms with Crippen LogP contribution >= 0.6 is 22.6 Å². The van der Waals surface area contributed by atoms with E-state index in [0.29, 0.717) is 5.69 Å². The van der Waals surface area contributed by atoms with E-state index in [1.807, 2.05) is 18.2 Å². The van der Waals surface area contributed by atoms with Crippen LogP contribution in [0.4, 0.5) is 5.69 Å². The third kappa shape index (κ3) is 4.79. The van der Waals surface area contributed by atoms with E-state index in [9.17, 15) is 13.2 Å². The van der Waals surface area contributed by atoms with E-state index in [1.54, 1.807) is 12.1 Å². The van der Waals surface area contributed by atoms with E-state index >= 15 is 0 Å². The third-order valence-electron chi connectivity index (χ3n) is 2.85. The number of rotatable bonds is 5. The fourth-order valence-corrected chi connectivity index (χ4v) is 3.32. The molecule has 0 aromatic heterocycles. The summed E-state index contributed by atoms with van der Waals surface area (Å²) in [7, 11) is -3.73. The van der Waals surface area contributed by atoms with Gasteiger partial charge in [-0.05, 0) is 59.0 Å². The van der Waals surface area contributed by atoms with Crippen LogP contribution in [0.25, 0.3) is 0 Å². The number of amides is 1. The number of carbonyl (C=O) groups is 1. The fraction of sp³-hybridized carbons (Fsp3) is 0.0625. The van der Waals surface area contributed by atoms with Crippen LogP contribution in [0.1, 0.15) is 10.4 Å². The molecule has 23 heavy (non-hydrogen) atoms. The van der Waals surface area contributed by atoms with Crippen molar-refractivity contribution in [3.63, 3.8) is 0 Å². The minimum Gasteiger partial charge on any atom is -0.322 e. The highest BCUT2D eigenvalue weighted by Crippen LogP contribution is 2.16. The smallest absolute Gasteiger partial charge is 0.255 e. The Balaban J connectivity index is 2.22. The molecule has 0 fully saturated rings. The third-order valence-corrected chi connectivity index (χ3v) is 4.92. The predicted molar refractivity (Wildman–Crippen MR) is 97.6 cm³/mol. The first kappa shape index (κ1) is 17.5. The maximum Gasteiger partial charge on any atom is 0.255 e. The summed E-state index contributed by atoms with van der Waals surface area (Å²) in [5, 5.41) is 2.73. The van der Waals surface area contributed by atoms with Crippen molar-refractivity contribution in [2.24, 2.45) is 0 Å². The minimum atomic E-state index is -3.73. The molecule has 0 atom stereocenters. The van der Waals surface area contributed by atoms with Crippen LogP contribution in [-0.4, -0.2) is 20.9 Å². The summed E-state index contributed by atoms with van der Waals surface area (Å²) < 4.78 is 27.3. The van der Waals surface area contributed by atoms with E-state index in [0.717, 1.165) is 3.57 Å². The molecule has 0 aliphatic heterocycles. The highest BCUT2D eigenvalue weighted by Gasteiger charge is 2.15. The molecule has 2 N–H and O–H groups in total. The first-order valence-corrected chi connectivity index (χ1v) is 9.09. The van der Waals surface area contributed by atoms with Crippen molar-refractivity contribution in [2.75, 3.05) is 11.9 Å². The summed E-state index contributed by atoms with van der Waals surface area (Å²) in [6, 6.07) is 13.1. The number of benzene rings is 2. The van der Waals surface area contributed by atoms with E-state index in [-0.39, 0.29) is 22.9 Å². The van der Waals surface area contributed by atoms with Crippen LogP contribution in [0.15, 0.2) is 53.4 Å². The number of nitrogens with one attached hydrogen (secondary N) is 2. The monoisotopic (exact) mass is 440 g/mol. The van der Waals surface area contributed by atoms with Crippen LogP contribution < -0.4 is 10.0 Å². The maximum absolute atomic E-state index is 12.3. The van der Waals surface area contributed by atoms with Gasteiger partial charge >= 0.3 is 0 Å². The Morgan fingerprint density at radius 1 is 1.17 bits per heavy atom. The van der Waals surface area contributed by atoms with Crippen molar-refractivity contribution in [2.45, 2.75) is 4.90 Å². The van der Waals surface area contributed by atoms with Crippen molar-refractivity contribution < 1.29 is 13.2 Å². The number of hydrogen-bond donors (Lipinski definition) is 2. The quantitative estimate of drug-likeness (QED) is 0.554. The topological polar surface area (TPSA) is 75.3 Å². The molecule has 0 saturated heterocycles. The van der Waals surface area contributed by atoms with Crippen LogP contribution in [-0.2, 0) is 10.0 Å². The highest BCUT2D eigenvalue weighted by molar-refractivity contribution is 14.1. The van der Waals surface area contributed by atoms with Gasteiger partial charge in [0.15, 0.2) is 0 Å². The van der Waals surface area contributed by atoms with E-state index in [1.165, 1.54) is 18.2 Å². The Labute approximate surface area is 148 Å². The summed E-state index contributed by atoms with van der Waals surface area (Å²) in [6.45, 7) is -0.110. The minimum absolute atomic E-state index is 0.0111. The molecule has 0 unspecified atom stereocenters. The second-order valence-corrected chi connectivity index (χ2v) is 7.53. The lowest BCUT2D eigenvalue weighted by atomic mass is 10.2. The van der Waals surface area contributed by atoms with Gasteiger partial charge in [0.2, 0.25) is 10.0 Å². The molecule has 0 aliphatic carbocycles. The summed E-state index contributed by atoms with van der Waals surface area (Å²) in [6.07, 6.45) is 5.05. The zero-order valence-electron chi connectivity index (χ0n) is 11.9. The van der Waals surface area contributed by atoms with Crippen molar-refractivity contribution in [1.29, 1.82) is 0 Å². The van der Waals surface area contributed by atoms with Gasteiger partial charge in [0, 0.05) is 14.8 Å². The van der Waals surface area contributed by atoms with E-state index < -0.39 is 10.0 Å². The number of halogens is 1. The van der Waals surface area contributed by atoms with Crippen LogP contribution in [0, 0.1) is 15.9 Å². The maximum atomic E-state index is 12.3. The van der Waals surface area contributed by atoms with Gasteiger partial charge in [-0.2, -0.15) is 4.72 Å². The Hall–Kier alpha value is -1.89. The standard InChI is InChI=1S/C16H13IN2O3S/c1-2-9-18-23(21,22)15-8-3-5-12(10-15)16(20)19-14-7-4-6-13(17)11-14/h1,3-8,10-11,18H,9H2,(H,19,20). The van der Waals surface area contributed by atoms with Crippen LogP contribution in [0.2, 0.25) is 0 Å². The van der Waals surface area contributed by atoms with Crippen molar-refractivity contribution in [3.8, 4) is 12.3 Å². The molecule has 5 nitrogen and oxygen atoms in total. The Morgan fingerprint density at radius 2 is 1.91 bits per heavy atom. The van der Waals surface area contributed by atoms with Gasteiger partial charge < -0.3 is 5.32 Å². The summed E-state index contributed by atoms with van der Waals surface area (Å²) in [4.78, 5) is 12.2. The molecule has 1 amide bonds. The van der Waals surface area contributed by atoms with Gasteiger partial charge in [-0.15, -0.1) is 6.42 Å². The average molecular weight is 440 g/mol. The second-order valence-electron chi connectivity index (χ2n) is 4.52. The first-order chi connectivity index (χ1) is 10.9. The lowest BCUT2D eigenvalue weighted by Gasteiger charge is -2.08. The lowest BCUT2D eigenvalue weighted by Crippen LogP contribution is -2.24. The van der Waals surface area contributed by atoms with Gasteiger partial charge in [-0.1, -0.05) is 18.1 Å². The molecular formula is C16H13IN2O3S. The lowest BCUT2D eigenvalue weighted by molar-refractivity contribution is 0.102. The Kier molecular flexibility index (Phi) is 5.76. The second kappa shape index (κ2) is 7.59. The SMILES string of the molecule is C#CCNS(=O)(=O)c1cccc(C(=O)Nc2cccc(I)c2)c1. The molecule has 7 heteroatoms. The summed E-state index contributed by atoms with van der Waals surface area (Å²) >= 11 is 2.14. The average Bonchev–Trinajstić information content (AvgIpc) is 2.53. The van der Waals surface area contributed by atoms with E-state index in [4.69, 9.17) is 6.42 Å². The highest BCUT2D eigenvalue weighted by atomic mass is 127. The summed E-state index contributed by atoms with van der Waals surface area (Å²) in [5.41, 5.74) is 0.882. The van der Waals surface area contributed by atoms with Crippen molar-refractivity contribution in [1.82, 2.24) is 4.72 Å². The molecule has 0 bridgehead atoms. The van der Waals surface area contributed by atoms with Gasteiger partial charge in [0.1, 0.15) is 0 Å². The molecule has 0 spiro atoms. The Morgan fingerprint density at radius 3 is 2.61 bits per heavy atom. The number of sulfonamides is 1. The van der Waals surface area contributed by atoms with Crippen molar-refractivity contribution in [3.05, 3.63) is 57.7 Å². The predicted octanol–water partition coefficient (Wildman–Crippen LogP) is 2.46. The van der Waals surface area contributed by atoms with Crippen LogP contribution in [0.3, 0.4) is 0 Å². The number of anilines is 1. The largest absolute Gasteiger partial charge is 0.322 e. The van der Waals surface area contributed by atoms with Gasteiger partial charge in [0.25, 0.3) is 5.91 Å². The Bertz CT molecular complexity index is 873. The molecule has 0 heterocycles. The normalized spacial score (nSPS) is 10.8. The first-order valence-electron chi connectivity index (χ1n) is 6.52. The molecule has 0 saturated carbocycles. The van der Waals surface area contributed by atoms with Gasteiger partial charge in [-0.25, -0.2) is 8.42 Å². The number of carbonyl (C=O) groups excluding carboxylic acids is 1. The van der Waals surface area contributed by atoms with Crippen molar-refractivity contribution >= 4 is 44.2 Å². The van der Waals surface area contributed by atoms with Gasteiger partial charge in [-0.3, -0.25) is 4.79 Å². The fourth-order valence-electron chi connectivity index (χ4n) is 1.79. The number of hydrogen-bond acceptors (Lipinski definition) is 3. The molecule has 2 aromatic rings. The number of terminal acetylenes is 1. The van der Waals surface area contributed by atoms with E-state index in [2.05, 4.69) is 38.6 Å². The van der Waals surface area contributed by atoms with Gasteiger partial charge in [0.05, 0.1) is 11.4 Å². The molecule has 2 rings (SSSR count). The molecule has 0 aliphatic rings. The molecular weight excluding hydrogens is 427 g/mol. The van der Waals surface area contributed by atoms with Crippen LogP contribution in [0.5, 0.6) is 0 Å². The molecule has 118 valence electrons. The zero-order chi connectivity index (χ0) is 16.9. The molecule has 0 radical (unpaired) electrons. The molecule has 2 aromatic carbocycles.